The van der Waals surface area contributed by atoms with Crippen molar-refractivity contribution in [3.63, 3.8) is 0 Å². The van der Waals surface area contributed by atoms with E-state index in [0.29, 0.717) is 11.5 Å². The van der Waals surface area contributed by atoms with Crippen LogP contribution >= 0.6 is 0 Å². The van der Waals surface area contributed by atoms with Gasteiger partial charge in [-0.1, -0.05) is 5.92 Å². The number of rotatable bonds is 4. The Hall–Kier alpha value is -2.35. The number of carbonyl (C=O) groups excluding carboxylic acids is 1. The van der Waals surface area contributed by atoms with Crippen molar-refractivity contribution in [3.05, 3.63) is 17.7 Å². The van der Waals surface area contributed by atoms with E-state index in [1.165, 1.54) is 14.2 Å². The van der Waals surface area contributed by atoms with Crippen LogP contribution in [0, 0.1) is 12.3 Å². The normalized spacial score (nSPS) is 10.5. The predicted molar refractivity (Wildman–Crippen MR) is 74.3 cm³/mol. The highest BCUT2D eigenvalue weighted by atomic mass is 16.5. The summed E-state index contributed by atoms with van der Waals surface area (Å²) < 4.78 is 10.2. The van der Waals surface area contributed by atoms with E-state index in [-0.39, 0.29) is 17.2 Å². The van der Waals surface area contributed by atoms with Gasteiger partial charge in [0.2, 0.25) is 0 Å². The molecule has 0 fully saturated rings. The fourth-order valence-corrected chi connectivity index (χ4v) is 1.46. The van der Waals surface area contributed by atoms with Crippen LogP contribution < -0.4 is 20.5 Å². The molecule has 0 aliphatic rings. The molecular weight excluding hydrogens is 244 g/mol. The van der Waals surface area contributed by atoms with E-state index >= 15 is 0 Å². The minimum atomic E-state index is -0.764. The average molecular weight is 262 g/mol. The Kier molecular flexibility index (Phi) is 4.28. The van der Waals surface area contributed by atoms with Crippen molar-refractivity contribution in [1.82, 2.24) is 5.32 Å². The third kappa shape index (κ3) is 3.32. The topological polar surface area (TPSA) is 73.6 Å². The summed E-state index contributed by atoms with van der Waals surface area (Å²) in [5.74, 6) is 2.97. The Bertz CT molecular complexity index is 530. The van der Waals surface area contributed by atoms with E-state index in [4.69, 9.17) is 21.6 Å². The Balaban J connectivity index is 3.20. The van der Waals surface area contributed by atoms with Gasteiger partial charge in [0, 0.05) is 6.07 Å². The van der Waals surface area contributed by atoms with Crippen LogP contribution in [0.25, 0.3) is 0 Å². The number of hydrogen-bond acceptors (Lipinski definition) is 4. The number of carbonyl (C=O) groups is 1. The van der Waals surface area contributed by atoms with Crippen molar-refractivity contribution < 1.29 is 14.3 Å². The highest BCUT2D eigenvalue weighted by Crippen LogP contribution is 2.31. The molecule has 0 heterocycles. The molecule has 3 N–H and O–H groups in total. The molecule has 0 radical (unpaired) electrons. The lowest BCUT2D eigenvalue weighted by atomic mass is 10.0. The summed E-state index contributed by atoms with van der Waals surface area (Å²) in [5.41, 5.74) is 5.63. The third-order valence-electron chi connectivity index (χ3n) is 2.60. The van der Waals surface area contributed by atoms with E-state index in [1.807, 2.05) is 0 Å². The molecule has 0 spiro atoms. The van der Waals surface area contributed by atoms with E-state index in [2.05, 4.69) is 11.2 Å². The summed E-state index contributed by atoms with van der Waals surface area (Å²) in [6.07, 6.45) is 5.34. The summed E-state index contributed by atoms with van der Waals surface area (Å²) in [6, 6.07) is 3.15. The number of benzene rings is 1. The summed E-state index contributed by atoms with van der Waals surface area (Å²) in [5, 5.41) is 2.70. The Morgan fingerprint density at radius 3 is 2.47 bits per heavy atom. The molecule has 1 amide bonds. The molecule has 0 atom stereocenters. The van der Waals surface area contributed by atoms with Gasteiger partial charge in [0.1, 0.15) is 11.5 Å². The van der Waals surface area contributed by atoms with Crippen molar-refractivity contribution in [2.45, 2.75) is 19.4 Å². The van der Waals surface area contributed by atoms with Crippen molar-refractivity contribution >= 4 is 11.6 Å². The maximum absolute atomic E-state index is 12.2. The van der Waals surface area contributed by atoms with Crippen LogP contribution in [-0.2, 0) is 0 Å². The molecule has 1 rings (SSSR count). The van der Waals surface area contributed by atoms with Gasteiger partial charge in [-0.2, -0.15) is 0 Å². The first kappa shape index (κ1) is 14.7. The monoisotopic (exact) mass is 262 g/mol. The molecule has 0 unspecified atom stereocenters. The van der Waals surface area contributed by atoms with Crippen LogP contribution in [0.5, 0.6) is 11.5 Å². The molecule has 0 aliphatic carbocycles. The van der Waals surface area contributed by atoms with Gasteiger partial charge in [-0.05, 0) is 19.9 Å². The maximum Gasteiger partial charge on any atom is 0.254 e. The van der Waals surface area contributed by atoms with E-state index in [1.54, 1.807) is 26.0 Å². The second-order valence-corrected chi connectivity index (χ2v) is 4.51. The van der Waals surface area contributed by atoms with Crippen LogP contribution in [-0.4, -0.2) is 25.7 Å². The number of ether oxygens (including phenoxy) is 2. The van der Waals surface area contributed by atoms with Crippen molar-refractivity contribution in [2.75, 3.05) is 20.0 Å². The molecule has 0 saturated carbocycles. The van der Waals surface area contributed by atoms with Crippen LogP contribution in [0.3, 0.4) is 0 Å². The van der Waals surface area contributed by atoms with Crippen molar-refractivity contribution in [2.24, 2.45) is 0 Å². The molecule has 5 heteroatoms. The molecule has 0 aliphatic heterocycles. The molecule has 0 saturated heterocycles. The number of amides is 1. The first-order valence-electron chi connectivity index (χ1n) is 5.66. The number of anilines is 1. The molecular formula is C14H18N2O3. The zero-order valence-corrected chi connectivity index (χ0v) is 11.5. The van der Waals surface area contributed by atoms with Crippen LogP contribution in [0.1, 0.15) is 24.2 Å². The summed E-state index contributed by atoms with van der Waals surface area (Å²) in [6.45, 7) is 3.44. The SMILES string of the molecule is C#CC(C)(C)NC(=O)c1cc(OC)cc(OC)c1N. The van der Waals surface area contributed by atoms with Crippen molar-refractivity contribution in [1.29, 1.82) is 0 Å². The predicted octanol–water partition coefficient (Wildman–Crippen LogP) is 1.43. The van der Waals surface area contributed by atoms with E-state index in [9.17, 15) is 4.79 Å². The number of methoxy groups -OCH3 is 2. The zero-order valence-electron chi connectivity index (χ0n) is 11.5. The Morgan fingerprint density at radius 2 is 2.00 bits per heavy atom. The lowest BCUT2D eigenvalue weighted by Crippen LogP contribution is -2.42. The smallest absolute Gasteiger partial charge is 0.254 e. The van der Waals surface area contributed by atoms with E-state index < -0.39 is 5.54 Å². The fourth-order valence-electron chi connectivity index (χ4n) is 1.46. The standard InChI is InChI=1S/C14H18N2O3/c1-6-14(2,3)16-13(17)10-7-9(18-4)8-11(19-5)12(10)15/h1,7-8H,15H2,2-5H3,(H,16,17). The van der Waals surface area contributed by atoms with Crippen molar-refractivity contribution in [3.8, 4) is 23.8 Å². The van der Waals surface area contributed by atoms with Crippen LogP contribution in [0.2, 0.25) is 0 Å². The first-order chi connectivity index (χ1) is 8.84. The minimum absolute atomic E-state index is 0.244. The first-order valence-corrected chi connectivity index (χ1v) is 5.66. The minimum Gasteiger partial charge on any atom is -0.497 e. The van der Waals surface area contributed by atoms with Gasteiger partial charge in [-0.3, -0.25) is 4.79 Å². The average Bonchev–Trinajstić information content (AvgIpc) is 2.38. The van der Waals surface area contributed by atoms with Gasteiger partial charge in [-0.25, -0.2) is 0 Å². The second kappa shape index (κ2) is 5.53. The number of nitrogen functional groups attached to an aromatic ring is 1. The molecule has 0 aromatic heterocycles. The number of terminal acetylenes is 1. The highest BCUT2D eigenvalue weighted by Gasteiger charge is 2.22. The molecule has 1 aromatic rings. The largest absolute Gasteiger partial charge is 0.497 e. The number of hydrogen-bond donors (Lipinski definition) is 2. The van der Waals surface area contributed by atoms with Gasteiger partial charge >= 0.3 is 0 Å². The molecule has 5 nitrogen and oxygen atoms in total. The molecule has 102 valence electrons. The Labute approximate surface area is 113 Å². The quantitative estimate of drug-likeness (QED) is 0.636. The Morgan fingerprint density at radius 1 is 1.37 bits per heavy atom. The van der Waals surface area contributed by atoms with Gasteiger partial charge < -0.3 is 20.5 Å². The molecule has 1 aromatic carbocycles. The van der Waals surface area contributed by atoms with Gasteiger partial charge in [0.25, 0.3) is 5.91 Å². The lowest BCUT2D eigenvalue weighted by Gasteiger charge is -2.21. The number of nitrogens with one attached hydrogen (secondary N) is 1. The van der Waals surface area contributed by atoms with Gasteiger partial charge in [0.05, 0.1) is 31.0 Å². The fraction of sp³-hybridized carbons (Fsp3) is 0.357. The summed E-state index contributed by atoms with van der Waals surface area (Å²) in [7, 11) is 2.97. The van der Waals surface area contributed by atoms with Crippen LogP contribution in [0.4, 0.5) is 5.69 Å². The van der Waals surface area contributed by atoms with Gasteiger partial charge in [-0.15, -0.1) is 6.42 Å². The van der Waals surface area contributed by atoms with Crippen LogP contribution in [0.15, 0.2) is 12.1 Å². The maximum atomic E-state index is 12.2. The second-order valence-electron chi connectivity index (χ2n) is 4.51. The highest BCUT2D eigenvalue weighted by molar-refractivity contribution is 6.01. The zero-order chi connectivity index (χ0) is 14.6. The number of nitrogens with two attached hydrogens (primary N) is 1. The molecule has 0 bridgehead atoms. The third-order valence-corrected chi connectivity index (χ3v) is 2.60. The molecule has 19 heavy (non-hydrogen) atoms. The summed E-state index contributed by atoms with van der Waals surface area (Å²) in [4.78, 5) is 12.2. The van der Waals surface area contributed by atoms with E-state index in [0.717, 1.165) is 0 Å². The summed E-state index contributed by atoms with van der Waals surface area (Å²) >= 11 is 0. The van der Waals surface area contributed by atoms with Gasteiger partial charge in [0.15, 0.2) is 0 Å². The lowest BCUT2D eigenvalue weighted by molar-refractivity contribution is 0.0930.